The van der Waals surface area contributed by atoms with E-state index in [0.29, 0.717) is 41.4 Å². The first-order valence-corrected chi connectivity index (χ1v) is 8.99. The van der Waals surface area contributed by atoms with Gasteiger partial charge in [0.2, 0.25) is 0 Å². The van der Waals surface area contributed by atoms with Crippen LogP contribution >= 0.6 is 0 Å². The minimum absolute atomic E-state index is 0.218. The highest BCUT2D eigenvalue weighted by molar-refractivity contribution is 6.08. The molecule has 0 aliphatic heterocycles. The fraction of sp³-hybridized carbons (Fsp3) is 0.429. The molecule has 0 aliphatic carbocycles. The van der Waals surface area contributed by atoms with Gasteiger partial charge in [0.05, 0.1) is 12.3 Å². The van der Waals surface area contributed by atoms with Gasteiger partial charge in [0.25, 0.3) is 5.91 Å². The van der Waals surface area contributed by atoms with Gasteiger partial charge in [-0.15, -0.1) is 0 Å². The van der Waals surface area contributed by atoms with Crippen LogP contribution < -0.4 is 15.8 Å². The van der Waals surface area contributed by atoms with Crippen molar-refractivity contribution in [3.8, 4) is 5.75 Å². The minimum Gasteiger partial charge on any atom is -0.493 e. The van der Waals surface area contributed by atoms with Gasteiger partial charge in [-0.05, 0) is 64.8 Å². The first kappa shape index (κ1) is 21.5. The Morgan fingerprint density at radius 2 is 1.81 bits per heavy atom. The molecule has 0 unspecified atom stereocenters. The lowest BCUT2D eigenvalue weighted by Gasteiger charge is -2.18. The van der Waals surface area contributed by atoms with E-state index in [4.69, 9.17) is 15.9 Å². The van der Waals surface area contributed by atoms with Crippen molar-refractivity contribution >= 4 is 23.0 Å². The highest BCUT2D eigenvalue weighted by Gasteiger charge is 2.17. The van der Waals surface area contributed by atoms with Crippen LogP contribution in [-0.4, -0.2) is 18.2 Å². The summed E-state index contributed by atoms with van der Waals surface area (Å²) < 4.78 is 5.70. The first-order chi connectivity index (χ1) is 12.2. The summed E-state index contributed by atoms with van der Waals surface area (Å²) in [6.45, 7) is 11.9. The van der Waals surface area contributed by atoms with Gasteiger partial charge in [-0.1, -0.05) is 18.9 Å². The van der Waals surface area contributed by atoms with Crippen molar-refractivity contribution in [3.63, 3.8) is 0 Å². The summed E-state index contributed by atoms with van der Waals surface area (Å²) in [6, 6.07) is 5.40. The molecule has 142 valence electrons. The number of hydrogen-bond acceptors (Lipinski definition) is 4. The van der Waals surface area contributed by atoms with Crippen molar-refractivity contribution in [1.82, 2.24) is 5.32 Å². The molecular formula is C21H31N3O2. The van der Waals surface area contributed by atoms with Crippen molar-refractivity contribution in [1.29, 1.82) is 5.41 Å². The Balaban J connectivity index is 3.25. The summed E-state index contributed by atoms with van der Waals surface area (Å²) in [5, 5.41) is 11.1. The predicted octanol–water partition coefficient (Wildman–Crippen LogP) is 4.69. The van der Waals surface area contributed by atoms with Crippen LogP contribution in [0.5, 0.6) is 5.75 Å². The van der Waals surface area contributed by atoms with Crippen molar-refractivity contribution in [3.05, 3.63) is 40.5 Å². The number of allylic oxidation sites excluding steroid dienone is 2. The van der Waals surface area contributed by atoms with Crippen LogP contribution in [0.3, 0.4) is 0 Å². The lowest BCUT2D eigenvalue weighted by Crippen LogP contribution is -2.25. The molecule has 0 fully saturated rings. The van der Waals surface area contributed by atoms with E-state index in [2.05, 4.69) is 5.32 Å². The van der Waals surface area contributed by atoms with E-state index < -0.39 is 0 Å². The number of nitrogens with two attached hydrogens (primary N) is 1. The molecule has 0 spiro atoms. The van der Waals surface area contributed by atoms with Crippen molar-refractivity contribution in [2.75, 3.05) is 12.3 Å². The summed E-state index contributed by atoms with van der Waals surface area (Å²) in [7, 11) is 0. The molecule has 5 nitrogen and oxygen atoms in total. The number of rotatable bonds is 8. The standard InChI is InChI=1S/C21H31N3O2/c1-7-9-18(23)14(5)15(6)21(25)24-20(13(3)4)17-12-16(22)10-11-19(17)26-8-2/h10-12,23H,7-9,22H2,1-6H3,(H,24,25)/b15-14+,23-18?. The molecule has 1 amide bonds. The molecule has 5 heteroatoms. The maximum Gasteiger partial charge on any atom is 0.251 e. The highest BCUT2D eigenvalue weighted by atomic mass is 16.5. The van der Waals surface area contributed by atoms with Crippen LogP contribution in [0, 0.1) is 5.41 Å². The molecule has 0 bridgehead atoms. The number of nitrogen functional groups attached to an aromatic ring is 1. The third kappa shape index (κ3) is 5.48. The van der Waals surface area contributed by atoms with Gasteiger partial charge in [-0.2, -0.15) is 0 Å². The molecule has 0 aromatic heterocycles. The fourth-order valence-corrected chi connectivity index (χ4v) is 2.53. The average molecular weight is 357 g/mol. The maximum absolute atomic E-state index is 12.8. The van der Waals surface area contributed by atoms with E-state index in [1.54, 1.807) is 19.1 Å². The number of carbonyl (C=O) groups excluding carboxylic acids is 1. The van der Waals surface area contributed by atoms with E-state index in [-0.39, 0.29) is 5.91 Å². The Kier molecular flexibility index (Phi) is 8.10. The molecular weight excluding hydrogens is 326 g/mol. The Labute approximate surface area is 156 Å². The third-order valence-electron chi connectivity index (χ3n) is 4.17. The Bertz CT molecular complexity index is 742. The normalized spacial score (nSPS) is 11.5. The predicted molar refractivity (Wildman–Crippen MR) is 109 cm³/mol. The second-order valence-electron chi connectivity index (χ2n) is 6.50. The quantitative estimate of drug-likeness (QED) is 0.358. The van der Waals surface area contributed by atoms with Crippen LogP contribution in [0.4, 0.5) is 5.69 Å². The minimum atomic E-state index is -0.218. The number of benzene rings is 1. The number of ether oxygens (including phenoxy) is 1. The van der Waals surface area contributed by atoms with Crippen molar-refractivity contribution in [2.45, 2.75) is 54.4 Å². The SMILES string of the molecule is CCCC(=N)/C(C)=C(\C)C(=O)NC(=C(C)C)c1cc(N)ccc1OCC. The smallest absolute Gasteiger partial charge is 0.251 e. The fourth-order valence-electron chi connectivity index (χ4n) is 2.53. The van der Waals surface area contributed by atoms with Gasteiger partial charge in [0, 0.05) is 22.5 Å². The lowest BCUT2D eigenvalue weighted by molar-refractivity contribution is -0.116. The summed E-state index contributed by atoms with van der Waals surface area (Å²) in [4.78, 5) is 12.8. The van der Waals surface area contributed by atoms with Crippen molar-refractivity contribution < 1.29 is 9.53 Å². The number of anilines is 1. The zero-order valence-corrected chi connectivity index (χ0v) is 16.7. The molecule has 0 atom stereocenters. The summed E-state index contributed by atoms with van der Waals surface area (Å²) in [6.07, 6.45) is 1.54. The van der Waals surface area contributed by atoms with Gasteiger partial charge in [0.15, 0.2) is 0 Å². The number of nitrogens with one attached hydrogen (secondary N) is 2. The Hall–Kier alpha value is -2.56. The molecule has 0 heterocycles. The molecule has 1 aromatic rings. The van der Waals surface area contributed by atoms with Crippen LogP contribution in [-0.2, 0) is 4.79 Å². The summed E-state index contributed by atoms with van der Waals surface area (Å²) in [5.74, 6) is 0.458. The zero-order chi connectivity index (χ0) is 19.9. The zero-order valence-electron chi connectivity index (χ0n) is 16.7. The average Bonchev–Trinajstić information content (AvgIpc) is 2.59. The number of amides is 1. The lowest BCUT2D eigenvalue weighted by atomic mass is 10.0. The monoisotopic (exact) mass is 357 g/mol. The van der Waals surface area contributed by atoms with E-state index in [1.807, 2.05) is 40.7 Å². The van der Waals surface area contributed by atoms with Crippen LogP contribution in [0.25, 0.3) is 5.70 Å². The molecule has 0 aliphatic rings. The number of carbonyl (C=O) groups is 1. The topological polar surface area (TPSA) is 88.2 Å². The number of hydrogen-bond donors (Lipinski definition) is 3. The van der Waals surface area contributed by atoms with E-state index in [1.165, 1.54) is 0 Å². The van der Waals surface area contributed by atoms with E-state index >= 15 is 0 Å². The van der Waals surface area contributed by atoms with Gasteiger partial charge >= 0.3 is 0 Å². The van der Waals surface area contributed by atoms with Crippen LogP contribution in [0.1, 0.15) is 59.9 Å². The molecule has 1 aromatic carbocycles. The van der Waals surface area contributed by atoms with Gasteiger partial charge in [-0.3, -0.25) is 4.79 Å². The highest BCUT2D eigenvalue weighted by Crippen LogP contribution is 2.29. The summed E-state index contributed by atoms with van der Waals surface area (Å²) in [5.41, 5.74) is 10.7. The van der Waals surface area contributed by atoms with E-state index in [0.717, 1.165) is 23.1 Å². The summed E-state index contributed by atoms with van der Waals surface area (Å²) >= 11 is 0. The van der Waals surface area contributed by atoms with Crippen molar-refractivity contribution in [2.24, 2.45) is 0 Å². The van der Waals surface area contributed by atoms with Crippen LogP contribution in [0.15, 0.2) is 34.9 Å². The van der Waals surface area contributed by atoms with Gasteiger partial charge in [-0.25, -0.2) is 0 Å². The molecule has 0 saturated carbocycles. The second kappa shape index (κ2) is 9.80. The van der Waals surface area contributed by atoms with Gasteiger partial charge in [0.1, 0.15) is 5.75 Å². The largest absolute Gasteiger partial charge is 0.493 e. The van der Waals surface area contributed by atoms with Crippen LogP contribution in [0.2, 0.25) is 0 Å². The molecule has 4 N–H and O–H groups in total. The van der Waals surface area contributed by atoms with Gasteiger partial charge < -0.3 is 21.2 Å². The Morgan fingerprint density at radius 3 is 2.35 bits per heavy atom. The molecule has 1 rings (SSSR count). The first-order valence-electron chi connectivity index (χ1n) is 8.99. The molecule has 0 saturated heterocycles. The molecule has 26 heavy (non-hydrogen) atoms. The second-order valence-corrected chi connectivity index (χ2v) is 6.50. The Morgan fingerprint density at radius 1 is 1.15 bits per heavy atom. The maximum atomic E-state index is 12.8. The third-order valence-corrected chi connectivity index (χ3v) is 4.17. The van der Waals surface area contributed by atoms with E-state index in [9.17, 15) is 4.79 Å². The molecule has 0 radical (unpaired) electrons.